The monoisotopic (exact) mass is 420 g/mol. The van der Waals surface area contributed by atoms with Crippen LogP contribution in [-0.2, 0) is 5.75 Å². The van der Waals surface area contributed by atoms with Crippen molar-refractivity contribution in [2.75, 3.05) is 0 Å². The second-order valence-corrected chi connectivity index (χ2v) is 7.16. The van der Waals surface area contributed by atoms with Crippen molar-refractivity contribution < 1.29 is 13.9 Å². The van der Waals surface area contributed by atoms with E-state index in [0.29, 0.717) is 28.3 Å². The fraction of sp³-hybridized carbons (Fsp3) is 0.0526. The van der Waals surface area contributed by atoms with Crippen LogP contribution in [0.1, 0.15) is 5.89 Å². The Morgan fingerprint density at radius 2 is 2.03 bits per heavy atom. The molecule has 0 aliphatic carbocycles. The summed E-state index contributed by atoms with van der Waals surface area (Å²) in [4.78, 5) is 17.9. The van der Waals surface area contributed by atoms with Gasteiger partial charge in [0.1, 0.15) is 0 Å². The Balaban J connectivity index is 1.30. The molecule has 0 amide bonds. The van der Waals surface area contributed by atoms with Crippen molar-refractivity contribution in [1.82, 2.24) is 25.3 Å². The van der Waals surface area contributed by atoms with Gasteiger partial charge in [-0.25, -0.2) is 0 Å². The molecule has 0 saturated heterocycles. The molecule has 0 saturated carbocycles. The lowest BCUT2D eigenvalue weighted by Crippen LogP contribution is -1.89. The third kappa shape index (κ3) is 3.42. The van der Waals surface area contributed by atoms with Gasteiger partial charge in [-0.2, -0.15) is 4.98 Å². The lowest BCUT2D eigenvalue weighted by Gasteiger charge is -1.94. The number of nitrogens with one attached hydrogen (secondary N) is 1. The molecule has 30 heavy (non-hydrogen) atoms. The zero-order valence-corrected chi connectivity index (χ0v) is 16.0. The van der Waals surface area contributed by atoms with Gasteiger partial charge in [0.05, 0.1) is 16.2 Å². The molecule has 10 nitrogen and oxygen atoms in total. The summed E-state index contributed by atoms with van der Waals surface area (Å²) in [6, 6.07) is 13.9. The average molecular weight is 420 g/mol. The van der Waals surface area contributed by atoms with Crippen LogP contribution in [0.4, 0.5) is 5.69 Å². The molecule has 0 radical (unpaired) electrons. The zero-order valence-electron chi connectivity index (χ0n) is 15.2. The first-order valence-electron chi connectivity index (χ1n) is 8.77. The number of para-hydroxylation sites is 1. The van der Waals surface area contributed by atoms with Crippen LogP contribution in [0.3, 0.4) is 0 Å². The molecular weight excluding hydrogens is 408 g/mol. The van der Waals surface area contributed by atoms with E-state index in [1.54, 1.807) is 12.1 Å². The summed E-state index contributed by atoms with van der Waals surface area (Å²) < 4.78 is 11.0. The van der Waals surface area contributed by atoms with E-state index in [2.05, 4.69) is 25.3 Å². The predicted octanol–water partition coefficient (Wildman–Crippen LogP) is 4.47. The van der Waals surface area contributed by atoms with E-state index in [1.807, 2.05) is 30.5 Å². The summed E-state index contributed by atoms with van der Waals surface area (Å²) in [6.45, 7) is 0. The Kier molecular flexibility index (Phi) is 4.48. The van der Waals surface area contributed by atoms with Crippen LogP contribution >= 0.6 is 11.8 Å². The van der Waals surface area contributed by atoms with Crippen molar-refractivity contribution in [3.8, 4) is 22.8 Å². The molecule has 11 heteroatoms. The smallest absolute Gasteiger partial charge is 0.277 e. The number of nitro groups is 1. The van der Waals surface area contributed by atoms with Gasteiger partial charge < -0.3 is 13.9 Å². The van der Waals surface area contributed by atoms with E-state index in [1.165, 1.54) is 23.9 Å². The van der Waals surface area contributed by atoms with Crippen LogP contribution in [0.25, 0.3) is 33.7 Å². The number of H-pyrrole nitrogens is 1. The highest BCUT2D eigenvalue weighted by atomic mass is 32.2. The molecule has 0 atom stereocenters. The summed E-state index contributed by atoms with van der Waals surface area (Å²) in [5.41, 5.74) is 2.28. The van der Waals surface area contributed by atoms with Crippen LogP contribution in [0.5, 0.6) is 0 Å². The Morgan fingerprint density at radius 3 is 2.93 bits per heavy atom. The minimum absolute atomic E-state index is 0.0381. The van der Waals surface area contributed by atoms with Gasteiger partial charge in [0.15, 0.2) is 0 Å². The molecule has 1 N–H and O–H groups in total. The zero-order chi connectivity index (χ0) is 20.5. The maximum atomic E-state index is 10.9. The van der Waals surface area contributed by atoms with E-state index in [-0.39, 0.29) is 11.5 Å². The summed E-state index contributed by atoms with van der Waals surface area (Å²) in [5.74, 6) is 1.35. The lowest BCUT2D eigenvalue weighted by molar-refractivity contribution is -0.384. The van der Waals surface area contributed by atoms with Gasteiger partial charge in [-0.15, -0.1) is 10.2 Å². The standard InChI is InChI=1S/C19H12N6O4S/c26-25(27)12-5-3-4-11(8-12)17-21-16(29-24-17)10-30-19-23-22-18(28-19)14-9-20-15-7-2-1-6-13(14)15/h1-9,20H,10H2. The normalized spacial score (nSPS) is 11.2. The second-order valence-electron chi connectivity index (χ2n) is 6.23. The predicted molar refractivity (Wildman–Crippen MR) is 108 cm³/mol. The van der Waals surface area contributed by atoms with E-state index in [4.69, 9.17) is 8.94 Å². The molecule has 5 rings (SSSR count). The van der Waals surface area contributed by atoms with Crippen LogP contribution < -0.4 is 0 Å². The van der Waals surface area contributed by atoms with Crippen LogP contribution in [0.2, 0.25) is 0 Å². The third-order valence-electron chi connectivity index (χ3n) is 4.33. The fourth-order valence-corrected chi connectivity index (χ4v) is 3.54. The van der Waals surface area contributed by atoms with Crippen molar-refractivity contribution in [3.63, 3.8) is 0 Å². The summed E-state index contributed by atoms with van der Waals surface area (Å²) in [7, 11) is 0. The molecular formula is C19H12N6O4S. The SMILES string of the molecule is O=[N+]([O-])c1cccc(-c2noc(CSc3nnc(-c4c[nH]c5ccccc45)o3)n2)c1. The minimum atomic E-state index is -0.471. The number of hydrogen-bond donors (Lipinski definition) is 1. The number of aromatic amines is 1. The van der Waals surface area contributed by atoms with E-state index in [0.717, 1.165) is 16.5 Å². The highest BCUT2D eigenvalue weighted by Gasteiger charge is 2.16. The molecule has 0 spiro atoms. The number of hydrogen-bond acceptors (Lipinski definition) is 9. The summed E-state index contributed by atoms with van der Waals surface area (Å²) in [6.07, 6.45) is 1.83. The van der Waals surface area contributed by atoms with Gasteiger partial charge in [-0.05, 0) is 6.07 Å². The van der Waals surface area contributed by atoms with Crippen molar-refractivity contribution in [1.29, 1.82) is 0 Å². The van der Waals surface area contributed by atoms with E-state index >= 15 is 0 Å². The molecule has 3 heterocycles. The Hall–Kier alpha value is -3.99. The number of aromatic nitrogens is 5. The number of fused-ring (bicyclic) bond motifs is 1. The summed E-state index contributed by atoms with van der Waals surface area (Å²) >= 11 is 1.26. The Bertz CT molecular complexity index is 1360. The number of nitro benzene ring substituents is 1. The summed E-state index contributed by atoms with van der Waals surface area (Å²) in [5, 5.41) is 24.3. The Morgan fingerprint density at radius 1 is 1.13 bits per heavy atom. The average Bonchev–Trinajstić information content (AvgIpc) is 3.51. The molecule has 0 unspecified atom stereocenters. The lowest BCUT2D eigenvalue weighted by atomic mass is 10.2. The topological polar surface area (TPSA) is 137 Å². The van der Waals surface area contributed by atoms with Crippen LogP contribution in [0, 0.1) is 10.1 Å². The van der Waals surface area contributed by atoms with Crippen molar-refractivity contribution >= 4 is 28.4 Å². The number of thioether (sulfide) groups is 1. The first kappa shape index (κ1) is 18.1. The van der Waals surface area contributed by atoms with Gasteiger partial charge in [0.2, 0.25) is 11.7 Å². The highest BCUT2D eigenvalue weighted by molar-refractivity contribution is 7.98. The van der Waals surface area contributed by atoms with Gasteiger partial charge in [0.25, 0.3) is 16.8 Å². The van der Waals surface area contributed by atoms with Crippen molar-refractivity contribution in [3.05, 3.63) is 70.7 Å². The van der Waals surface area contributed by atoms with Crippen LogP contribution in [-0.4, -0.2) is 30.2 Å². The molecule has 148 valence electrons. The van der Waals surface area contributed by atoms with Gasteiger partial charge in [0, 0.05) is 34.8 Å². The van der Waals surface area contributed by atoms with Crippen LogP contribution in [0.15, 0.2) is 68.9 Å². The third-order valence-corrected chi connectivity index (χ3v) is 5.13. The molecule has 2 aromatic carbocycles. The first-order valence-corrected chi connectivity index (χ1v) is 9.76. The maximum Gasteiger partial charge on any atom is 0.277 e. The number of rotatable bonds is 6. The quantitative estimate of drug-likeness (QED) is 0.239. The molecule has 0 aliphatic heterocycles. The number of non-ortho nitro benzene ring substituents is 1. The number of nitrogens with zero attached hydrogens (tertiary/aromatic N) is 5. The fourth-order valence-electron chi connectivity index (χ4n) is 2.94. The first-order chi connectivity index (χ1) is 14.7. The maximum absolute atomic E-state index is 10.9. The van der Waals surface area contributed by atoms with Crippen molar-refractivity contribution in [2.24, 2.45) is 0 Å². The molecule has 5 aromatic rings. The largest absolute Gasteiger partial charge is 0.411 e. The van der Waals surface area contributed by atoms with E-state index < -0.39 is 4.92 Å². The number of benzene rings is 2. The Labute approximate surface area is 172 Å². The molecule has 0 aliphatic rings. The van der Waals surface area contributed by atoms with Gasteiger partial charge >= 0.3 is 0 Å². The van der Waals surface area contributed by atoms with E-state index in [9.17, 15) is 10.1 Å². The highest BCUT2D eigenvalue weighted by Crippen LogP contribution is 2.30. The van der Waals surface area contributed by atoms with Gasteiger partial charge in [-0.3, -0.25) is 10.1 Å². The molecule has 0 fully saturated rings. The minimum Gasteiger partial charge on any atom is -0.411 e. The molecule has 3 aromatic heterocycles. The van der Waals surface area contributed by atoms with Gasteiger partial charge in [-0.1, -0.05) is 47.3 Å². The second kappa shape index (κ2) is 7.44. The van der Waals surface area contributed by atoms with Crippen molar-refractivity contribution in [2.45, 2.75) is 11.0 Å². The molecule has 0 bridgehead atoms.